The number of anilines is 1. The summed E-state index contributed by atoms with van der Waals surface area (Å²) in [5.41, 5.74) is 1.46. The minimum absolute atomic E-state index is 0.0193. The third kappa shape index (κ3) is 4.76. The summed E-state index contributed by atoms with van der Waals surface area (Å²) < 4.78 is 10.6. The van der Waals surface area contributed by atoms with Gasteiger partial charge in [-0.2, -0.15) is 0 Å². The third-order valence-electron chi connectivity index (χ3n) is 4.03. The van der Waals surface area contributed by atoms with Crippen molar-refractivity contribution in [2.24, 2.45) is 0 Å². The molecule has 0 radical (unpaired) electrons. The van der Waals surface area contributed by atoms with Crippen LogP contribution in [0.2, 0.25) is 0 Å². The average molecular weight is 417 g/mol. The summed E-state index contributed by atoms with van der Waals surface area (Å²) in [6.45, 7) is 1.95. The molecule has 3 rings (SSSR count). The molecule has 2 aromatic heterocycles. The van der Waals surface area contributed by atoms with Crippen LogP contribution in [0.5, 0.6) is 11.5 Å². The van der Waals surface area contributed by atoms with Crippen LogP contribution >= 0.6 is 22.7 Å². The van der Waals surface area contributed by atoms with Crippen LogP contribution in [0.1, 0.15) is 27.4 Å². The fourth-order valence-corrected chi connectivity index (χ4v) is 4.15. The highest BCUT2D eigenvalue weighted by Gasteiger charge is 2.15. The number of hydrogen-bond donors (Lipinski definition) is 1. The molecule has 0 unspecified atom stereocenters. The Balaban J connectivity index is 1.63. The number of aromatic nitrogens is 1. The van der Waals surface area contributed by atoms with Crippen molar-refractivity contribution in [1.82, 2.24) is 4.98 Å². The van der Waals surface area contributed by atoms with E-state index in [-0.39, 0.29) is 24.5 Å². The van der Waals surface area contributed by atoms with Crippen molar-refractivity contribution in [3.63, 3.8) is 0 Å². The van der Waals surface area contributed by atoms with Crippen molar-refractivity contribution in [1.29, 1.82) is 0 Å². The van der Waals surface area contributed by atoms with E-state index in [4.69, 9.17) is 9.47 Å². The fourth-order valence-electron chi connectivity index (χ4n) is 2.59. The van der Waals surface area contributed by atoms with Crippen LogP contribution in [0.4, 0.5) is 5.13 Å². The number of ketones is 1. The fraction of sp³-hybridized carbons (Fsp3) is 0.250. The number of nitrogens with zero attached hydrogens (tertiary/aromatic N) is 1. The quantitative estimate of drug-likeness (QED) is 0.534. The highest BCUT2D eigenvalue weighted by Crippen LogP contribution is 2.35. The molecular weight excluding hydrogens is 396 g/mol. The number of hydrogen-bond acceptors (Lipinski definition) is 7. The van der Waals surface area contributed by atoms with Crippen LogP contribution in [0.25, 0.3) is 11.3 Å². The van der Waals surface area contributed by atoms with Gasteiger partial charge >= 0.3 is 0 Å². The molecule has 0 aliphatic carbocycles. The van der Waals surface area contributed by atoms with E-state index in [2.05, 4.69) is 10.3 Å². The minimum atomic E-state index is -0.236. The van der Waals surface area contributed by atoms with Gasteiger partial charge in [-0.05, 0) is 37.3 Å². The Labute approximate surface area is 171 Å². The van der Waals surface area contributed by atoms with E-state index in [1.807, 2.05) is 36.6 Å². The average Bonchev–Trinajstić information content (AvgIpc) is 3.34. The van der Waals surface area contributed by atoms with Crippen molar-refractivity contribution >= 4 is 39.5 Å². The maximum Gasteiger partial charge on any atom is 0.226 e. The van der Waals surface area contributed by atoms with Gasteiger partial charge in [0.15, 0.2) is 10.9 Å². The van der Waals surface area contributed by atoms with E-state index in [9.17, 15) is 9.59 Å². The van der Waals surface area contributed by atoms with E-state index in [1.165, 1.54) is 22.7 Å². The number of methoxy groups -OCH3 is 2. The van der Waals surface area contributed by atoms with Gasteiger partial charge in [0.2, 0.25) is 5.91 Å². The molecule has 3 aromatic rings. The Kier molecular flexibility index (Phi) is 6.43. The number of thiazole rings is 1. The lowest BCUT2D eigenvalue weighted by atomic mass is 10.1. The van der Waals surface area contributed by atoms with E-state index in [1.54, 1.807) is 20.3 Å². The molecule has 0 saturated heterocycles. The van der Waals surface area contributed by atoms with Crippen molar-refractivity contribution in [3.8, 4) is 22.8 Å². The highest BCUT2D eigenvalue weighted by atomic mass is 32.1. The molecule has 146 valence electrons. The lowest BCUT2D eigenvalue weighted by Gasteiger charge is -2.08. The Bertz CT molecular complexity index is 994. The monoisotopic (exact) mass is 416 g/mol. The molecule has 2 heterocycles. The van der Waals surface area contributed by atoms with Gasteiger partial charge in [0.1, 0.15) is 11.5 Å². The second-order valence-electron chi connectivity index (χ2n) is 5.99. The van der Waals surface area contributed by atoms with E-state index >= 15 is 0 Å². The molecule has 1 N–H and O–H groups in total. The summed E-state index contributed by atoms with van der Waals surface area (Å²) in [7, 11) is 3.18. The molecule has 0 spiro atoms. The van der Waals surface area contributed by atoms with Crippen molar-refractivity contribution in [3.05, 3.63) is 45.5 Å². The second-order valence-corrected chi connectivity index (χ2v) is 8.13. The molecule has 28 heavy (non-hydrogen) atoms. The summed E-state index contributed by atoms with van der Waals surface area (Å²) in [6.07, 6.45) is 0.293. The topological polar surface area (TPSA) is 77.5 Å². The third-order valence-corrected chi connectivity index (χ3v) is 5.83. The first-order chi connectivity index (χ1) is 13.5. The normalized spacial score (nSPS) is 10.5. The van der Waals surface area contributed by atoms with Gasteiger partial charge < -0.3 is 14.8 Å². The van der Waals surface area contributed by atoms with Crippen LogP contribution in [0.15, 0.2) is 35.7 Å². The summed E-state index contributed by atoms with van der Waals surface area (Å²) in [5, 5.41) is 5.07. The standard InChI is InChI=1S/C20H20N2O4S2/c1-12-4-8-18(28-12)16(23)6-9-19(24)22-20-21-15(11-27-20)14-10-13(25-2)5-7-17(14)26-3/h4-5,7-8,10-11H,6,9H2,1-3H3,(H,21,22,24). The Morgan fingerprint density at radius 2 is 1.93 bits per heavy atom. The zero-order chi connectivity index (χ0) is 20.1. The lowest BCUT2D eigenvalue weighted by Crippen LogP contribution is -2.13. The smallest absolute Gasteiger partial charge is 0.226 e. The van der Waals surface area contributed by atoms with Gasteiger partial charge in [0, 0.05) is 28.7 Å². The second kappa shape index (κ2) is 8.99. The van der Waals surface area contributed by atoms with Crippen molar-refractivity contribution in [2.45, 2.75) is 19.8 Å². The zero-order valence-electron chi connectivity index (χ0n) is 15.8. The Hall–Kier alpha value is -2.71. The number of aryl methyl sites for hydroxylation is 1. The predicted octanol–water partition coefficient (Wildman–Crippen LogP) is 4.80. The summed E-state index contributed by atoms with van der Waals surface area (Å²) in [5.74, 6) is 1.10. The number of thiophene rings is 1. The molecule has 6 nitrogen and oxygen atoms in total. The molecule has 0 saturated carbocycles. The largest absolute Gasteiger partial charge is 0.497 e. The number of ether oxygens (including phenoxy) is 2. The first-order valence-corrected chi connectivity index (χ1v) is 10.3. The van der Waals surface area contributed by atoms with Crippen molar-refractivity contribution < 1.29 is 19.1 Å². The van der Waals surface area contributed by atoms with Crippen LogP contribution in [-0.2, 0) is 4.79 Å². The first kappa shape index (κ1) is 20.0. The van der Waals surface area contributed by atoms with Gasteiger partial charge in [0.05, 0.1) is 24.8 Å². The van der Waals surface area contributed by atoms with Crippen LogP contribution in [0, 0.1) is 6.92 Å². The van der Waals surface area contributed by atoms with Gasteiger partial charge in [-0.3, -0.25) is 9.59 Å². The highest BCUT2D eigenvalue weighted by molar-refractivity contribution is 7.14. The number of carbonyl (C=O) groups excluding carboxylic acids is 2. The molecule has 1 aromatic carbocycles. The van der Waals surface area contributed by atoms with E-state index in [0.717, 1.165) is 10.4 Å². The van der Waals surface area contributed by atoms with Crippen LogP contribution < -0.4 is 14.8 Å². The number of Topliss-reactive ketones (excluding diaryl/α,β-unsaturated/α-hetero) is 1. The Morgan fingerprint density at radius 3 is 2.61 bits per heavy atom. The van der Waals surface area contributed by atoms with Crippen LogP contribution in [0.3, 0.4) is 0 Å². The maximum atomic E-state index is 12.2. The molecule has 0 aliphatic rings. The number of carbonyl (C=O) groups is 2. The predicted molar refractivity (Wildman–Crippen MR) is 112 cm³/mol. The van der Waals surface area contributed by atoms with Gasteiger partial charge in [-0.15, -0.1) is 22.7 Å². The molecule has 1 amide bonds. The number of nitrogens with one attached hydrogen (secondary N) is 1. The molecule has 0 atom stereocenters. The van der Waals surface area contributed by atoms with Gasteiger partial charge in [0.25, 0.3) is 0 Å². The van der Waals surface area contributed by atoms with Gasteiger partial charge in [-0.1, -0.05) is 0 Å². The lowest BCUT2D eigenvalue weighted by molar-refractivity contribution is -0.116. The zero-order valence-corrected chi connectivity index (χ0v) is 17.4. The number of benzene rings is 1. The van der Waals surface area contributed by atoms with E-state index < -0.39 is 0 Å². The first-order valence-electron chi connectivity index (χ1n) is 8.57. The number of amides is 1. The Morgan fingerprint density at radius 1 is 1.11 bits per heavy atom. The molecule has 8 heteroatoms. The SMILES string of the molecule is COc1ccc(OC)c(-c2csc(NC(=O)CCC(=O)c3ccc(C)s3)n2)c1. The summed E-state index contributed by atoms with van der Waals surface area (Å²) in [6, 6.07) is 9.16. The van der Waals surface area contributed by atoms with Crippen LogP contribution in [-0.4, -0.2) is 30.9 Å². The van der Waals surface area contributed by atoms with E-state index in [0.29, 0.717) is 27.2 Å². The van der Waals surface area contributed by atoms with Gasteiger partial charge in [-0.25, -0.2) is 4.98 Å². The maximum absolute atomic E-state index is 12.2. The van der Waals surface area contributed by atoms with Crippen molar-refractivity contribution in [2.75, 3.05) is 19.5 Å². The molecule has 0 aliphatic heterocycles. The number of rotatable bonds is 8. The molecule has 0 fully saturated rings. The molecule has 0 bridgehead atoms. The minimum Gasteiger partial charge on any atom is -0.497 e. The molecular formula is C20H20N2O4S2. The summed E-state index contributed by atoms with van der Waals surface area (Å²) >= 11 is 2.76. The summed E-state index contributed by atoms with van der Waals surface area (Å²) in [4.78, 5) is 30.5.